The lowest BCUT2D eigenvalue weighted by molar-refractivity contribution is -0.0432. The molecule has 0 unspecified atom stereocenters. The average molecular weight is 330 g/mol. The number of morpholine rings is 1. The van der Waals surface area contributed by atoms with Gasteiger partial charge >= 0.3 is 6.09 Å². The van der Waals surface area contributed by atoms with Crippen LogP contribution in [-0.2, 0) is 9.47 Å². The van der Waals surface area contributed by atoms with Gasteiger partial charge in [-0.25, -0.2) is 4.79 Å². The Kier molecular flexibility index (Phi) is 5.58. The van der Waals surface area contributed by atoms with E-state index in [1.165, 1.54) is 0 Å². The van der Waals surface area contributed by atoms with Crippen LogP contribution in [0.3, 0.4) is 0 Å². The van der Waals surface area contributed by atoms with Crippen molar-refractivity contribution >= 4 is 11.9 Å². The van der Waals surface area contributed by atoms with Gasteiger partial charge in [-0.2, -0.15) is 5.26 Å². The molecular weight excluding hydrogens is 308 g/mol. The molecule has 2 rings (SSSR count). The zero-order valence-electron chi connectivity index (χ0n) is 14.2. The highest BCUT2D eigenvalue weighted by Gasteiger charge is 2.28. The summed E-state index contributed by atoms with van der Waals surface area (Å²) in [5, 5.41) is 8.58. The Hall–Kier alpha value is -2.39. The lowest BCUT2D eigenvalue weighted by Crippen LogP contribution is -2.44. The molecule has 6 nitrogen and oxygen atoms in total. The van der Waals surface area contributed by atoms with Gasteiger partial charge in [-0.05, 0) is 26.3 Å². The molecule has 0 spiro atoms. The van der Waals surface area contributed by atoms with Crippen LogP contribution in [0.15, 0.2) is 24.3 Å². The topological polar surface area (TPSA) is 79.6 Å². The van der Waals surface area contributed by atoms with Gasteiger partial charge < -0.3 is 14.4 Å². The third-order valence-electron chi connectivity index (χ3n) is 3.56. The number of ketones is 1. The smallest absolute Gasteiger partial charge is 0.410 e. The maximum Gasteiger partial charge on any atom is 0.410 e. The molecule has 0 aliphatic carbocycles. The molecule has 6 heteroatoms. The minimum absolute atomic E-state index is 0.133. The molecule has 0 N–H and O–H groups in total. The van der Waals surface area contributed by atoms with Crippen molar-refractivity contribution in [2.24, 2.45) is 0 Å². The van der Waals surface area contributed by atoms with Crippen LogP contribution in [-0.4, -0.2) is 42.1 Å². The number of nitrogens with zero attached hydrogens (tertiary/aromatic N) is 2. The fourth-order valence-corrected chi connectivity index (χ4v) is 2.40. The Balaban J connectivity index is 2.03. The molecule has 0 bridgehead atoms. The minimum atomic E-state index is -0.534. The van der Waals surface area contributed by atoms with Gasteiger partial charge in [-0.15, -0.1) is 0 Å². The lowest BCUT2D eigenvalue weighted by Gasteiger charge is -2.34. The predicted octanol–water partition coefficient (Wildman–Crippen LogP) is 3.09. The SMILES string of the molecule is CC(C)(C)OC(=O)N1CCO[C@@H](c2ccc(C(=O)CC#N)cc2)C1. The predicted molar refractivity (Wildman–Crippen MR) is 87.5 cm³/mol. The number of hydrogen-bond donors (Lipinski definition) is 0. The van der Waals surface area contributed by atoms with Crippen LogP contribution >= 0.6 is 0 Å². The highest BCUT2D eigenvalue weighted by molar-refractivity contribution is 5.97. The molecule has 1 amide bonds. The van der Waals surface area contributed by atoms with Crippen molar-refractivity contribution in [2.75, 3.05) is 19.7 Å². The van der Waals surface area contributed by atoms with Gasteiger partial charge in [-0.1, -0.05) is 24.3 Å². The maximum absolute atomic E-state index is 12.2. The Morgan fingerprint density at radius 2 is 2.00 bits per heavy atom. The van der Waals surface area contributed by atoms with E-state index in [-0.39, 0.29) is 24.4 Å². The van der Waals surface area contributed by atoms with E-state index >= 15 is 0 Å². The van der Waals surface area contributed by atoms with Crippen LogP contribution in [0, 0.1) is 11.3 Å². The first kappa shape index (κ1) is 18.0. The summed E-state index contributed by atoms with van der Waals surface area (Å²) >= 11 is 0. The molecule has 24 heavy (non-hydrogen) atoms. The maximum atomic E-state index is 12.2. The monoisotopic (exact) mass is 330 g/mol. The molecular formula is C18H22N2O4. The fraction of sp³-hybridized carbons (Fsp3) is 0.500. The van der Waals surface area contributed by atoms with E-state index in [0.717, 1.165) is 5.56 Å². The van der Waals surface area contributed by atoms with Crippen molar-refractivity contribution in [3.05, 3.63) is 35.4 Å². The molecule has 0 aromatic heterocycles. The first-order chi connectivity index (χ1) is 11.3. The number of benzene rings is 1. The van der Waals surface area contributed by atoms with Crippen molar-refractivity contribution in [1.82, 2.24) is 4.90 Å². The first-order valence-electron chi connectivity index (χ1n) is 7.90. The zero-order chi connectivity index (χ0) is 17.7. The molecule has 1 fully saturated rings. The van der Waals surface area contributed by atoms with Gasteiger partial charge in [-0.3, -0.25) is 4.79 Å². The number of rotatable bonds is 3. The van der Waals surface area contributed by atoms with E-state index in [9.17, 15) is 9.59 Å². The van der Waals surface area contributed by atoms with E-state index in [1.807, 2.05) is 26.8 Å². The summed E-state index contributed by atoms with van der Waals surface area (Å²) < 4.78 is 11.1. The van der Waals surface area contributed by atoms with E-state index in [2.05, 4.69) is 0 Å². The summed E-state index contributed by atoms with van der Waals surface area (Å²) in [7, 11) is 0. The first-order valence-corrected chi connectivity index (χ1v) is 7.90. The van der Waals surface area contributed by atoms with Gasteiger partial charge in [0.15, 0.2) is 5.78 Å². The Labute approximate surface area is 142 Å². The molecule has 1 saturated heterocycles. The van der Waals surface area contributed by atoms with Crippen LogP contribution in [0.4, 0.5) is 4.79 Å². The Bertz CT molecular complexity index is 640. The summed E-state index contributed by atoms with van der Waals surface area (Å²) in [6, 6.07) is 8.82. The molecule has 1 heterocycles. The summed E-state index contributed by atoms with van der Waals surface area (Å²) in [6.07, 6.45) is -0.742. The van der Waals surface area contributed by atoms with Gasteiger partial charge in [0.2, 0.25) is 0 Å². The van der Waals surface area contributed by atoms with Crippen molar-refractivity contribution in [3.8, 4) is 6.07 Å². The zero-order valence-corrected chi connectivity index (χ0v) is 14.2. The minimum Gasteiger partial charge on any atom is -0.444 e. The molecule has 1 aliphatic rings. The van der Waals surface area contributed by atoms with Gasteiger partial charge in [0.25, 0.3) is 0 Å². The van der Waals surface area contributed by atoms with Gasteiger partial charge in [0.05, 0.1) is 25.6 Å². The summed E-state index contributed by atoms with van der Waals surface area (Å²) in [5.74, 6) is -0.205. The second-order valence-corrected chi connectivity index (χ2v) is 6.67. The average Bonchev–Trinajstić information content (AvgIpc) is 2.54. The van der Waals surface area contributed by atoms with Crippen LogP contribution in [0.25, 0.3) is 0 Å². The number of carbonyl (C=O) groups is 2. The van der Waals surface area contributed by atoms with Crippen molar-refractivity contribution < 1.29 is 19.1 Å². The summed E-state index contributed by atoms with van der Waals surface area (Å²) in [5.41, 5.74) is 0.852. The summed E-state index contributed by atoms with van der Waals surface area (Å²) in [6.45, 7) is 6.82. The van der Waals surface area contributed by atoms with E-state index in [0.29, 0.717) is 25.3 Å². The number of nitriles is 1. The Morgan fingerprint density at radius 1 is 1.33 bits per heavy atom. The number of amides is 1. The fourth-order valence-electron chi connectivity index (χ4n) is 2.40. The van der Waals surface area contributed by atoms with Crippen molar-refractivity contribution in [3.63, 3.8) is 0 Å². The van der Waals surface area contributed by atoms with E-state index in [1.54, 1.807) is 29.2 Å². The van der Waals surface area contributed by atoms with Crippen LogP contribution in [0.2, 0.25) is 0 Å². The summed E-state index contributed by atoms with van der Waals surface area (Å²) in [4.78, 5) is 25.5. The lowest BCUT2D eigenvalue weighted by atomic mass is 10.0. The molecule has 0 saturated carbocycles. The molecule has 128 valence electrons. The van der Waals surface area contributed by atoms with E-state index < -0.39 is 5.60 Å². The Morgan fingerprint density at radius 3 is 2.58 bits per heavy atom. The third-order valence-corrected chi connectivity index (χ3v) is 3.56. The number of hydrogen-bond acceptors (Lipinski definition) is 5. The van der Waals surface area contributed by atoms with Crippen molar-refractivity contribution in [1.29, 1.82) is 5.26 Å². The number of ether oxygens (including phenoxy) is 2. The normalized spacial score (nSPS) is 17.9. The highest BCUT2D eigenvalue weighted by Crippen LogP contribution is 2.24. The van der Waals surface area contributed by atoms with Crippen molar-refractivity contribution in [2.45, 2.75) is 38.9 Å². The van der Waals surface area contributed by atoms with Gasteiger partial charge in [0, 0.05) is 12.1 Å². The molecule has 0 radical (unpaired) electrons. The van der Waals surface area contributed by atoms with Crippen LogP contribution in [0.5, 0.6) is 0 Å². The number of carbonyl (C=O) groups excluding carboxylic acids is 2. The molecule has 1 aromatic carbocycles. The third kappa shape index (κ3) is 4.80. The second kappa shape index (κ2) is 7.45. The standard InChI is InChI=1S/C18H22N2O4/c1-18(2,3)24-17(22)20-10-11-23-16(12-20)14-6-4-13(5-7-14)15(21)8-9-19/h4-7,16H,8,10-12H2,1-3H3/t16-/m1/s1. The molecule has 1 aromatic rings. The van der Waals surface area contributed by atoms with Crippen LogP contribution < -0.4 is 0 Å². The number of Topliss-reactive ketones (excluding diaryl/α,β-unsaturated/α-hetero) is 1. The van der Waals surface area contributed by atoms with Crippen LogP contribution in [0.1, 0.15) is 49.2 Å². The van der Waals surface area contributed by atoms with E-state index in [4.69, 9.17) is 14.7 Å². The molecule has 1 atom stereocenters. The second-order valence-electron chi connectivity index (χ2n) is 6.67. The largest absolute Gasteiger partial charge is 0.444 e. The highest BCUT2D eigenvalue weighted by atomic mass is 16.6. The van der Waals surface area contributed by atoms with Gasteiger partial charge in [0.1, 0.15) is 11.7 Å². The molecule has 1 aliphatic heterocycles. The quantitative estimate of drug-likeness (QED) is 0.796.